The third-order valence-electron chi connectivity index (χ3n) is 3.13. The van der Waals surface area contributed by atoms with E-state index in [0.717, 1.165) is 18.0 Å². The second-order valence-corrected chi connectivity index (χ2v) is 4.91. The van der Waals surface area contributed by atoms with Crippen molar-refractivity contribution >= 4 is 29.7 Å². The van der Waals surface area contributed by atoms with Crippen LogP contribution in [0, 0.1) is 11.8 Å². The zero-order chi connectivity index (χ0) is 9.54. The van der Waals surface area contributed by atoms with Gasteiger partial charge in [0.25, 0.3) is 5.91 Å². The molecule has 0 bridgehead atoms. The van der Waals surface area contributed by atoms with Gasteiger partial charge < -0.3 is 10.6 Å². The first-order chi connectivity index (χ1) is 6.86. The highest BCUT2D eigenvalue weighted by atomic mass is 35.5. The average Bonchev–Trinajstić information content (AvgIpc) is 2.75. The quantitative estimate of drug-likeness (QED) is 0.819. The Bertz CT molecular complexity index is 344. The molecule has 2 heterocycles. The van der Waals surface area contributed by atoms with Gasteiger partial charge >= 0.3 is 0 Å². The van der Waals surface area contributed by atoms with Crippen LogP contribution in [-0.4, -0.2) is 25.0 Å². The average molecular weight is 245 g/mol. The molecule has 5 heteroatoms. The highest BCUT2D eigenvalue weighted by Crippen LogP contribution is 2.41. The molecule has 1 amide bonds. The van der Waals surface area contributed by atoms with Crippen LogP contribution in [0.25, 0.3) is 0 Å². The Hall–Kier alpha value is -0.580. The van der Waals surface area contributed by atoms with Crippen LogP contribution >= 0.6 is 23.7 Å². The fraction of sp³-hybridized carbons (Fsp3) is 0.500. The monoisotopic (exact) mass is 244 g/mol. The van der Waals surface area contributed by atoms with Crippen LogP contribution in [0.2, 0.25) is 0 Å². The van der Waals surface area contributed by atoms with Gasteiger partial charge in [0.05, 0.1) is 4.88 Å². The first kappa shape index (κ1) is 10.9. The lowest BCUT2D eigenvalue weighted by atomic mass is 10.4. The van der Waals surface area contributed by atoms with E-state index in [9.17, 15) is 4.79 Å². The maximum atomic E-state index is 11.7. The number of piperidine rings is 1. The van der Waals surface area contributed by atoms with E-state index in [-0.39, 0.29) is 18.3 Å². The van der Waals surface area contributed by atoms with Gasteiger partial charge in [-0.05, 0) is 23.3 Å². The Morgan fingerprint density at radius 1 is 1.47 bits per heavy atom. The summed E-state index contributed by atoms with van der Waals surface area (Å²) in [7, 11) is 0. The molecule has 2 fully saturated rings. The van der Waals surface area contributed by atoms with Crippen molar-refractivity contribution in [3.05, 3.63) is 22.4 Å². The molecule has 2 N–H and O–H groups in total. The predicted octanol–water partition coefficient (Wildman–Crippen LogP) is 1.12. The molecule has 15 heavy (non-hydrogen) atoms. The normalized spacial score (nSPS) is 31.6. The Labute approximate surface area is 98.7 Å². The fourth-order valence-corrected chi connectivity index (χ4v) is 2.89. The second-order valence-electron chi connectivity index (χ2n) is 3.96. The summed E-state index contributed by atoms with van der Waals surface area (Å²) < 4.78 is 0. The van der Waals surface area contributed by atoms with Gasteiger partial charge in [-0.2, -0.15) is 0 Å². The summed E-state index contributed by atoms with van der Waals surface area (Å²) >= 11 is 1.50. The Morgan fingerprint density at radius 3 is 2.80 bits per heavy atom. The fourth-order valence-electron chi connectivity index (χ4n) is 2.26. The van der Waals surface area contributed by atoms with Crippen molar-refractivity contribution in [2.75, 3.05) is 13.1 Å². The summed E-state index contributed by atoms with van der Waals surface area (Å²) in [4.78, 5) is 12.5. The maximum Gasteiger partial charge on any atom is 0.261 e. The van der Waals surface area contributed by atoms with Crippen LogP contribution in [0.4, 0.5) is 0 Å². The van der Waals surface area contributed by atoms with E-state index in [0.29, 0.717) is 17.9 Å². The molecule has 2 atom stereocenters. The van der Waals surface area contributed by atoms with Crippen molar-refractivity contribution in [3.8, 4) is 0 Å². The first-order valence-electron chi connectivity index (χ1n) is 4.91. The molecule has 1 aromatic rings. The van der Waals surface area contributed by atoms with Gasteiger partial charge in [0, 0.05) is 19.1 Å². The predicted molar refractivity (Wildman–Crippen MR) is 62.7 cm³/mol. The number of hydrogen-bond acceptors (Lipinski definition) is 3. The van der Waals surface area contributed by atoms with Crippen LogP contribution in [0.5, 0.6) is 0 Å². The van der Waals surface area contributed by atoms with Gasteiger partial charge in [-0.3, -0.25) is 4.79 Å². The molecule has 3 rings (SSSR count). The molecule has 1 aromatic heterocycles. The third kappa shape index (κ3) is 1.89. The Morgan fingerprint density at radius 2 is 2.20 bits per heavy atom. The number of carbonyl (C=O) groups excluding carboxylic acids is 1. The number of thiophene rings is 1. The maximum absolute atomic E-state index is 11.7. The Balaban J connectivity index is 0.000000853. The highest BCUT2D eigenvalue weighted by Gasteiger charge is 2.53. The van der Waals surface area contributed by atoms with E-state index in [4.69, 9.17) is 0 Å². The molecular formula is C10H13ClN2OS. The number of halogens is 1. The van der Waals surface area contributed by atoms with Crippen LogP contribution in [0.3, 0.4) is 0 Å². The van der Waals surface area contributed by atoms with E-state index < -0.39 is 0 Å². The number of nitrogens with one attached hydrogen (secondary N) is 2. The summed E-state index contributed by atoms with van der Waals surface area (Å²) in [6.45, 7) is 2.14. The van der Waals surface area contributed by atoms with E-state index in [1.54, 1.807) is 0 Å². The SMILES string of the molecule is Cl.O=C(NC1C2CNCC21)c1cccs1. The molecule has 1 saturated carbocycles. The molecule has 3 nitrogen and oxygen atoms in total. The lowest BCUT2D eigenvalue weighted by molar-refractivity contribution is 0.0950. The van der Waals surface area contributed by atoms with Gasteiger partial charge in [-0.1, -0.05) is 6.07 Å². The largest absolute Gasteiger partial charge is 0.348 e. The van der Waals surface area contributed by atoms with Gasteiger partial charge in [-0.25, -0.2) is 0 Å². The lowest BCUT2D eigenvalue weighted by Gasteiger charge is -2.05. The van der Waals surface area contributed by atoms with Gasteiger partial charge in [0.2, 0.25) is 0 Å². The molecule has 2 aliphatic rings. The molecule has 0 radical (unpaired) electrons. The Kier molecular flexibility index (Phi) is 3.00. The number of rotatable bonds is 2. The summed E-state index contributed by atoms with van der Waals surface area (Å²) in [5.41, 5.74) is 0. The zero-order valence-corrected chi connectivity index (χ0v) is 9.74. The third-order valence-corrected chi connectivity index (χ3v) is 4.00. The number of amides is 1. The number of carbonyl (C=O) groups is 1. The summed E-state index contributed by atoms with van der Waals surface area (Å²) in [5, 5.41) is 8.34. The van der Waals surface area contributed by atoms with Crippen molar-refractivity contribution < 1.29 is 4.79 Å². The molecule has 1 saturated heterocycles. The summed E-state index contributed by atoms with van der Waals surface area (Å²) in [5.74, 6) is 1.48. The second kappa shape index (κ2) is 4.12. The topological polar surface area (TPSA) is 41.1 Å². The summed E-state index contributed by atoms with van der Waals surface area (Å²) in [6.07, 6.45) is 0. The molecule has 2 unspecified atom stereocenters. The van der Waals surface area contributed by atoms with Crippen molar-refractivity contribution in [2.24, 2.45) is 11.8 Å². The molecule has 0 aromatic carbocycles. The van der Waals surface area contributed by atoms with Gasteiger partial charge in [-0.15, -0.1) is 23.7 Å². The van der Waals surface area contributed by atoms with Crippen LogP contribution < -0.4 is 10.6 Å². The van der Waals surface area contributed by atoms with Crippen LogP contribution in [0.15, 0.2) is 17.5 Å². The van der Waals surface area contributed by atoms with Crippen LogP contribution in [0.1, 0.15) is 9.67 Å². The number of fused-ring (bicyclic) bond motifs is 1. The minimum absolute atomic E-state index is 0. The zero-order valence-electron chi connectivity index (χ0n) is 8.10. The minimum atomic E-state index is 0. The van der Waals surface area contributed by atoms with Crippen molar-refractivity contribution in [1.29, 1.82) is 0 Å². The van der Waals surface area contributed by atoms with Crippen LogP contribution in [-0.2, 0) is 0 Å². The van der Waals surface area contributed by atoms with Crippen molar-refractivity contribution in [3.63, 3.8) is 0 Å². The van der Waals surface area contributed by atoms with Gasteiger partial charge in [0.15, 0.2) is 0 Å². The molecular weight excluding hydrogens is 232 g/mol. The standard InChI is InChI=1S/C10H12N2OS.ClH/c13-10(8-2-1-3-14-8)12-9-6-4-11-5-7(6)9;/h1-3,6-7,9,11H,4-5H2,(H,12,13);1H. The molecule has 1 aliphatic carbocycles. The van der Waals surface area contributed by atoms with Gasteiger partial charge in [0.1, 0.15) is 0 Å². The molecule has 0 spiro atoms. The van der Waals surface area contributed by atoms with E-state index in [2.05, 4.69) is 10.6 Å². The van der Waals surface area contributed by atoms with Crippen molar-refractivity contribution in [1.82, 2.24) is 10.6 Å². The smallest absolute Gasteiger partial charge is 0.261 e. The summed E-state index contributed by atoms with van der Waals surface area (Å²) in [6, 6.07) is 4.22. The van der Waals surface area contributed by atoms with E-state index in [1.807, 2.05) is 17.5 Å². The highest BCUT2D eigenvalue weighted by molar-refractivity contribution is 7.12. The lowest BCUT2D eigenvalue weighted by Crippen LogP contribution is -2.32. The molecule has 82 valence electrons. The van der Waals surface area contributed by atoms with Crippen molar-refractivity contribution in [2.45, 2.75) is 6.04 Å². The van der Waals surface area contributed by atoms with E-state index >= 15 is 0 Å². The number of hydrogen-bond donors (Lipinski definition) is 2. The molecule has 1 aliphatic heterocycles. The minimum Gasteiger partial charge on any atom is -0.348 e. The van der Waals surface area contributed by atoms with E-state index in [1.165, 1.54) is 11.3 Å². The first-order valence-corrected chi connectivity index (χ1v) is 5.79.